The summed E-state index contributed by atoms with van der Waals surface area (Å²) in [6, 6.07) is 14.8. The summed E-state index contributed by atoms with van der Waals surface area (Å²) in [6.07, 6.45) is 3.30. The number of likely N-dealkylation sites (N-methyl/N-ethyl adjacent to an activating group) is 1. The van der Waals surface area contributed by atoms with E-state index in [0.29, 0.717) is 23.3 Å². The standard InChI is InChI=1S/C20H18BrN3O2/c1-2-24(19(25)12-11-14-7-3-5-9-16(14)21)13-18-22-17-10-6-4-8-15(17)20(26)23-18/h3-12H,2,13H2,1H3,(H,22,23,26). The van der Waals surface area contributed by atoms with Crippen LogP contribution in [0.5, 0.6) is 0 Å². The molecule has 1 amide bonds. The zero-order chi connectivity index (χ0) is 18.5. The smallest absolute Gasteiger partial charge is 0.258 e. The van der Waals surface area contributed by atoms with Gasteiger partial charge in [0.05, 0.1) is 17.4 Å². The van der Waals surface area contributed by atoms with Crippen LogP contribution in [0.15, 0.2) is 63.9 Å². The molecule has 0 aliphatic carbocycles. The van der Waals surface area contributed by atoms with Gasteiger partial charge in [-0.25, -0.2) is 4.98 Å². The van der Waals surface area contributed by atoms with Crippen molar-refractivity contribution in [2.75, 3.05) is 6.54 Å². The number of nitrogens with one attached hydrogen (secondary N) is 1. The SMILES string of the molecule is CCN(Cc1nc2ccccc2c(=O)[nH]1)C(=O)C=Cc1ccccc1Br. The molecule has 0 aliphatic rings. The summed E-state index contributed by atoms with van der Waals surface area (Å²) in [5.74, 6) is 0.331. The number of H-pyrrole nitrogens is 1. The Morgan fingerprint density at radius 3 is 2.69 bits per heavy atom. The maximum absolute atomic E-state index is 12.5. The minimum Gasteiger partial charge on any atom is -0.332 e. The molecule has 1 aromatic heterocycles. The van der Waals surface area contributed by atoms with Crippen LogP contribution < -0.4 is 5.56 Å². The first kappa shape index (κ1) is 18.1. The topological polar surface area (TPSA) is 66.1 Å². The summed E-state index contributed by atoms with van der Waals surface area (Å²) in [4.78, 5) is 33.5. The lowest BCUT2D eigenvalue weighted by atomic mass is 10.2. The maximum Gasteiger partial charge on any atom is 0.258 e. The number of hydrogen-bond acceptors (Lipinski definition) is 3. The van der Waals surface area contributed by atoms with Crippen LogP contribution in [0.4, 0.5) is 0 Å². The van der Waals surface area contributed by atoms with Gasteiger partial charge in [0.15, 0.2) is 0 Å². The lowest BCUT2D eigenvalue weighted by Crippen LogP contribution is -2.30. The Hall–Kier alpha value is -2.73. The molecule has 0 saturated heterocycles. The average molecular weight is 412 g/mol. The van der Waals surface area contributed by atoms with Gasteiger partial charge in [0.25, 0.3) is 5.56 Å². The summed E-state index contributed by atoms with van der Waals surface area (Å²) in [6.45, 7) is 2.65. The third-order valence-electron chi connectivity index (χ3n) is 4.01. The number of amides is 1. The van der Waals surface area contributed by atoms with Crippen molar-refractivity contribution in [1.29, 1.82) is 0 Å². The predicted molar refractivity (Wildman–Crippen MR) is 107 cm³/mol. The van der Waals surface area contributed by atoms with Gasteiger partial charge in [-0.15, -0.1) is 0 Å². The van der Waals surface area contributed by atoms with E-state index in [4.69, 9.17) is 0 Å². The van der Waals surface area contributed by atoms with Crippen LogP contribution in [0.2, 0.25) is 0 Å². The Morgan fingerprint density at radius 1 is 1.19 bits per heavy atom. The highest BCUT2D eigenvalue weighted by Gasteiger charge is 2.12. The van der Waals surface area contributed by atoms with Gasteiger partial charge in [0.2, 0.25) is 5.91 Å². The van der Waals surface area contributed by atoms with Crippen molar-refractivity contribution in [1.82, 2.24) is 14.9 Å². The van der Waals surface area contributed by atoms with E-state index in [0.717, 1.165) is 10.0 Å². The maximum atomic E-state index is 12.5. The number of rotatable bonds is 5. The quantitative estimate of drug-likeness (QED) is 0.650. The van der Waals surface area contributed by atoms with Crippen LogP contribution in [-0.2, 0) is 11.3 Å². The lowest BCUT2D eigenvalue weighted by molar-refractivity contribution is -0.126. The third kappa shape index (κ3) is 4.08. The molecule has 6 heteroatoms. The average Bonchev–Trinajstić information content (AvgIpc) is 2.65. The molecule has 0 saturated carbocycles. The number of fused-ring (bicyclic) bond motifs is 1. The van der Waals surface area contributed by atoms with Crippen molar-refractivity contribution < 1.29 is 4.79 Å². The highest BCUT2D eigenvalue weighted by molar-refractivity contribution is 9.10. The number of aromatic amines is 1. The largest absolute Gasteiger partial charge is 0.332 e. The first-order valence-electron chi connectivity index (χ1n) is 8.28. The molecule has 1 N–H and O–H groups in total. The summed E-state index contributed by atoms with van der Waals surface area (Å²) >= 11 is 3.46. The van der Waals surface area contributed by atoms with Crippen molar-refractivity contribution in [3.63, 3.8) is 0 Å². The first-order chi connectivity index (χ1) is 12.6. The molecule has 2 aromatic carbocycles. The molecule has 1 heterocycles. The highest BCUT2D eigenvalue weighted by atomic mass is 79.9. The van der Waals surface area contributed by atoms with E-state index >= 15 is 0 Å². The van der Waals surface area contributed by atoms with Crippen molar-refractivity contribution in [2.24, 2.45) is 0 Å². The Morgan fingerprint density at radius 2 is 1.92 bits per heavy atom. The molecule has 3 aromatic rings. The Bertz CT molecular complexity index is 1030. The zero-order valence-electron chi connectivity index (χ0n) is 14.3. The van der Waals surface area contributed by atoms with Crippen molar-refractivity contribution >= 4 is 38.8 Å². The van der Waals surface area contributed by atoms with Gasteiger partial charge < -0.3 is 9.88 Å². The summed E-state index contributed by atoms with van der Waals surface area (Å²) in [5.41, 5.74) is 1.35. The summed E-state index contributed by atoms with van der Waals surface area (Å²) in [5, 5.41) is 0.541. The monoisotopic (exact) mass is 411 g/mol. The van der Waals surface area contributed by atoms with Gasteiger partial charge in [0, 0.05) is 17.1 Å². The second kappa shape index (κ2) is 8.10. The molecular weight excluding hydrogens is 394 g/mol. The Labute approximate surface area is 159 Å². The molecule has 0 fully saturated rings. The van der Waals surface area contributed by atoms with Gasteiger partial charge in [-0.3, -0.25) is 9.59 Å². The van der Waals surface area contributed by atoms with Crippen LogP contribution in [-0.4, -0.2) is 27.3 Å². The second-order valence-corrected chi connectivity index (χ2v) is 6.59. The lowest BCUT2D eigenvalue weighted by Gasteiger charge is -2.18. The minimum atomic E-state index is -0.196. The number of aromatic nitrogens is 2. The molecule has 0 spiro atoms. The molecule has 3 rings (SSSR count). The second-order valence-electron chi connectivity index (χ2n) is 5.74. The molecular formula is C20H18BrN3O2. The molecule has 132 valence electrons. The van der Waals surface area contributed by atoms with E-state index in [9.17, 15) is 9.59 Å². The summed E-state index contributed by atoms with van der Waals surface area (Å²) < 4.78 is 0.924. The van der Waals surface area contributed by atoms with Gasteiger partial charge in [-0.1, -0.05) is 46.3 Å². The summed E-state index contributed by atoms with van der Waals surface area (Å²) in [7, 11) is 0. The number of para-hydroxylation sites is 1. The number of halogens is 1. The number of hydrogen-bond donors (Lipinski definition) is 1. The zero-order valence-corrected chi connectivity index (χ0v) is 15.9. The van der Waals surface area contributed by atoms with Gasteiger partial charge in [-0.2, -0.15) is 0 Å². The predicted octanol–water partition coefficient (Wildman–Crippen LogP) is 3.75. The molecule has 5 nitrogen and oxygen atoms in total. The fraction of sp³-hybridized carbons (Fsp3) is 0.150. The molecule has 0 aliphatic heterocycles. The normalized spacial score (nSPS) is 11.2. The Kier molecular flexibility index (Phi) is 5.63. The fourth-order valence-corrected chi connectivity index (χ4v) is 3.03. The van der Waals surface area contributed by atoms with Crippen LogP contribution in [0.3, 0.4) is 0 Å². The fourth-order valence-electron chi connectivity index (χ4n) is 2.61. The van der Waals surface area contributed by atoms with Gasteiger partial charge >= 0.3 is 0 Å². The van der Waals surface area contributed by atoms with Crippen molar-refractivity contribution in [3.05, 3.63) is 80.8 Å². The Balaban J connectivity index is 1.80. The minimum absolute atomic E-state index is 0.140. The third-order valence-corrected chi connectivity index (χ3v) is 4.73. The van der Waals surface area contributed by atoms with E-state index in [1.54, 1.807) is 29.2 Å². The van der Waals surface area contributed by atoms with Gasteiger partial charge in [0.1, 0.15) is 5.82 Å². The van der Waals surface area contributed by atoms with Crippen molar-refractivity contribution in [2.45, 2.75) is 13.5 Å². The van der Waals surface area contributed by atoms with E-state index in [2.05, 4.69) is 25.9 Å². The van der Waals surface area contributed by atoms with E-state index in [1.165, 1.54) is 6.08 Å². The van der Waals surface area contributed by atoms with Crippen LogP contribution in [0.25, 0.3) is 17.0 Å². The number of carbonyl (C=O) groups is 1. The van der Waals surface area contributed by atoms with Crippen LogP contribution in [0.1, 0.15) is 18.3 Å². The first-order valence-corrected chi connectivity index (χ1v) is 9.07. The van der Waals surface area contributed by atoms with Gasteiger partial charge in [-0.05, 0) is 36.8 Å². The van der Waals surface area contributed by atoms with Crippen LogP contribution >= 0.6 is 15.9 Å². The van der Waals surface area contributed by atoms with Crippen LogP contribution in [0, 0.1) is 0 Å². The van der Waals surface area contributed by atoms with E-state index < -0.39 is 0 Å². The van der Waals surface area contributed by atoms with Crippen molar-refractivity contribution in [3.8, 4) is 0 Å². The number of nitrogens with zero attached hydrogens (tertiary/aromatic N) is 2. The highest BCUT2D eigenvalue weighted by Crippen LogP contribution is 2.17. The molecule has 0 radical (unpaired) electrons. The number of benzene rings is 2. The molecule has 26 heavy (non-hydrogen) atoms. The number of carbonyl (C=O) groups excluding carboxylic acids is 1. The molecule has 0 bridgehead atoms. The molecule has 0 unspecified atom stereocenters. The molecule has 0 atom stereocenters. The van der Waals surface area contributed by atoms with E-state index in [-0.39, 0.29) is 18.0 Å². The van der Waals surface area contributed by atoms with E-state index in [1.807, 2.05) is 37.3 Å².